The number of hydrogen-bond acceptors (Lipinski definition) is 2. The zero-order chi connectivity index (χ0) is 17.7. The Morgan fingerprint density at radius 3 is 1.35 bits per heavy atom. The van der Waals surface area contributed by atoms with Gasteiger partial charge in [-0.15, -0.1) is 0 Å². The van der Waals surface area contributed by atoms with Crippen LogP contribution in [0.5, 0.6) is 11.5 Å². The van der Waals surface area contributed by atoms with E-state index < -0.39 is 0 Å². The minimum Gasteiger partial charge on any atom is -0.503 e. The van der Waals surface area contributed by atoms with Crippen LogP contribution in [0.2, 0.25) is 0 Å². The van der Waals surface area contributed by atoms with Crippen LogP contribution in [0.15, 0.2) is 36.4 Å². The highest BCUT2D eigenvalue weighted by Crippen LogP contribution is 2.33. The standard InChI is InChI=1S/C20H16N4O2/c25-19-17-9-15-5-3-13(22-15)7-11-1-2-12(21-11)8-14-4-6-16(23-14)10-18(24-17)20(19)26/h1-10,21-26H. The van der Waals surface area contributed by atoms with E-state index in [1.165, 1.54) is 0 Å². The summed E-state index contributed by atoms with van der Waals surface area (Å²) in [5.74, 6) is -0.347. The van der Waals surface area contributed by atoms with Crippen LogP contribution in [-0.4, -0.2) is 30.1 Å². The van der Waals surface area contributed by atoms with Gasteiger partial charge in [0.15, 0.2) is 11.5 Å². The lowest BCUT2D eigenvalue weighted by molar-refractivity contribution is 0.406. The van der Waals surface area contributed by atoms with Gasteiger partial charge in [0.1, 0.15) is 0 Å². The van der Waals surface area contributed by atoms with Crippen LogP contribution in [0.4, 0.5) is 0 Å². The van der Waals surface area contributed by atoms with E-state index in [1.807, 2.05) is 48.6 Å². The van der Waals surface area contributed by atoms with E-state index in [1.54, 1.807) is 12.2 Å². The quantitative estimate of drug-likeness (QED) is 0.239. The molecule has 8 bridgehead atoms. The fourth-order valence-corrected chi connectivity index (χ4v) is 3.17. The molecular formula is C20H16N4O2. The lowest BCUT2D eigenvalue weighted by Gasteiger charge is -1.89. The van der Waals surface area contributed by atoms with Gasteiger partial charge in [0.05, 0.1) is 11.4 Å². The third-order valence-electron chi connectivity index (χ3n) is 4.42. The molecule has 0 radical (unpaired) electrons. The molecule has 1 aliphatic rings. The molecule has 0 aromatic carbocycles. The topological polar surface area (TPSA) is 104 Å². The van der Waals surface area contributed by atoms with Crippen molar-refractivity contribution in [2.24, 2.45) is 0 Å². The van der Waals surface area contributed by atoms with Gasteiger partial charge in [-0.3, -0.25) is 0 Å². The van der Waals surface area contributed by atoms with E-state index in [-0.39, 0.29) is 11.5 Å². The molecule has 0 saturated heterocycles. The second-order valence-corrected chi connectivity index (χ2v) is 6.33. The lowest BCUT2D eigenvalue weighted by atomic mass is 10.3. The summed E-state index contributed by atoms with van der Waals surface area (Å²) >= 11 is 0. The summed E-state index contributed by atoms with van der Waals surface area (Å²) in [6, 6.07) is 11.8. The maximum absolute atomic E-state index is 10.2. The Kier molecular flexibility index (Phi) is 2.99. The second kappa shape index (κ2) is 5.35. The first kappa shape index (κ1) is 14.5. The van der Waals surface area contributed by atoms with Crippen molar-refractivity contribution < 1.29 is 10.2 Å². The average molecular weight is 344 g/mol. The van der Waals surface area contributed by atoms with Gasteiger partial charge in [-0.05, 0) is 60.7 Å². The van der Waals surface area contributed by atoms with Crippen LogP contribution in [0.1, 0.15) is 22.8 Å². The number of rotatable bonds is 0. The molecule has 0 unspecified atom stereocenters. The summed E-state index contributed by atoms with van der Waals surface area (Å²) < 4.78 is 0. The molecule has 0 spiro atoms. The van der Waals surface area contributed by atoms with Crippen molar-refractivity contribution in [1.29, 1.82) is 0 Å². The van der Waals surface area contributed by atoms with Crippen LogP contribution < -0.4 is 21.4 Å². The highest BCUT2D eigenvalue weighted by molar-refractivity contribution is 5.67. The smallest absolute Gasteiger partial charge is 0.183 e. The van der Waals surface area contributed by atoms with Crippen LogP contribution >= 0.6 is 0 Å². The average Bonchev–Trinajstić information content (AvgIpc) is 3.38. The summed E-state index contributed by atoms with van der Waals surface area (Å²) in [6.45, 7) is 0. The Hall–Kier alpha value is -3.80. The monoisotopic (exact) mass is 344 g/mol. The first-order chi connectivity index (χ1) is 12.6. The zero-order valence-corrected chi connectivity index (χ0v) is 13.7. The predicted octanol–water partition coefficient (Wildman–Crippen LogP) is 0.0388. The number of H-pyrrole nitrogens is 4. The molecule has 6 N–H and O–H groups in total. The van der Waals surface area contributed by atoms with Crippen molar-refractivity contribution in [2.45, 2.75) is 0 Å². The van der Waals surface area contributed by atoms with Crippen molar-refractivity contribution in [3.63, 3.8) is 0 Å². The van der Waals surface area contributed by atoms with Gasteiger partial charge in [-0.25, -0.2) is 0 Å². The van der Waals surface area contributed by atoms with E-state index in [9.17, 15) is 10.2 Å². The second-order valence-electron chi connectivity index (χ2n) is 6.33. The Labute approximate surface area is 147 Å². The Balaban J connectivity index is 1.83. The van der Waals surface area contributed by atoms with Gasteiger partial charge in [-0.1, -0.05) is 0 Å². The molecule has 5 heterocycles. The largest absolute Gasteiger partial charge is 0.503 e. The summed E-state index contributed by atoms with van der Waals surface area (Å²) in [6.07, 6.45) is 7.52. The van der Waals surface area contributed by atoms with Crippen LogP contribution in [0, 0.1) is 0 Å². The molecule has 0 amide bonds. The highest BCUT2D eigenvalue weighted by atomic mass is 16.3. The molecule has 0 aliphatic carbocycles. The first-order valence-electron chi connectivity index (χ1n) is 8.24. The van der Waals surface area contributed by atoms with Crippen molar-refractivity contribution in [1.82, 2.24) is 19.9 Å². The summed E-state index contributed by atoms with van der Waals surface area (Å²) in [5, 5.41) is 23.9. The summed E-state index contributed by atoms with van der Waals surface area (Å²) in [5.41, 5.74) is 2.85. The molecule has 4 aromatic rings. The number of hydrogen-bond donors (Lipinski definition) is 6. The van der Waals surface area contributed by atoms with E-state index in [0.29, 0.717) is 11.4 Å². The maximum atomic E-state index is 10.2. The highest BCUT2D eigenvalue weighted by Gasteiger charge is 2.12. The van der Waals surface area contributed by atoms with Gasteiger partial charge in [0.25, 0.3) is 0 Å². The first-order valence-corrected chi connectivity index (χ1v) is 8.24. The molecular weight excluding hydrogens is 328 g/mol. The number of nitrogens with one attached hydrogen (secondary N) is 4. The number of aromatic nitrogens is 4. The minimum atomic E-state index is -0.173. The molecule has 128 valence electrons. The van der Waals surface area contributed by atoms with Crippen LogP contribution in [-0.2, 0) is 0 Å². The van der Waals surface area contributed by atoms with E-state index in [0.717, 1.165) is 32.8 Å². The van der Waals surface area contributed by atoms with Crippen molar-refractivity contribution in [3.8, 4) is 11.5 Å². The molecule has 0 saturated carbocycles. The third kappa shape index (κ3) is 2.44. The van der Waals surface area contributed by atoms with Gasteiger partial charge in [0, 0.05) is 32.8 Å². The van der Waals surface area contributed by atoms with Crippen molar-refractivity contribution in [3.05, 3.63) is 80.6 Å². The van der Waals surface area contributed by atoms with E-state index in [4.69, 9.17) is 0 Å². The van der Waals surface area contributed by atoms with Crippen LogP contribution in [0.3, 0.4) is 0 Å². The number of aromatic amines is 4. The molecule has 5 rings (SSSR count). The Morgan fingerprint density at radius 1 is 0.462 bits per heavy atom. The van der Waals surface area contributed by atoms with Crippen molar-refractivity contribution >= 4 is 24.3 Å². The van der Waals surface area contributed by atoms with Gasteiger partial charge >= 0.3 is 0 Å². The normalized spacial score (nSPS) is 12.6. The Morgan fingerprint density at radius 2 is 0.885 bits per heavy atom. The lowest BCUT2D eigenvalue weighted by Crippen LogP contribution is -2.10. The molecule has 0 atom stereocenters. The molecule has 26 heavy (non-hydrogen) atoms. The van der Waals surface area contributed by atoms with E-state index >= 15 is 0 Å². The van der Waals surface area contributed by atoms with Crippen molar-refractivity contribution in [2.75, 3.05) is 0 Å². The minimum absolute atomic E-state index is 0.173. The third-order valence-corrected chi connectivity index (χ3v) is 4.42. The van der Waals surface area contributed by atoms with E-state index in [2.05, 4.69) is 19.9 Å². The molecule has 6 nitrogen and oxygen atoms in total. The zero-order valence-electron chi connectivity index (χ0n) is 13.7. The SMILES string of the molecule is Oc1c2[nH]c(c1O)C=c1ccc([nH]1)=Cc1ccc([nH]1)C=c1ccc([nH]1)=C2. The predicted molar refractivity (Wildman–Crippen MR) is 99.3 cm³/mol. The fraction of sp³-hybridized carbons (Fsp3) is 0. The summed E-state index contributed by atoms with van der Waals surface area (Å²) in [7, 11) is 0. The molecule has 1 aliphatic heterocycles. The fourth-order valence-electron chi connectivity index (χ4n) is 3.17. The van der Waals surface area contributed by atoms with Gasteiger partial charge in [0.2, 0.25) is 0 Å². The molecule has 0 fully saturated rings. The number of fused-ring (bicyclic) bond motifs is 8. The Bertz CT molecular complexity index is 1260. The number of aromatic hydroxyl groups is 2. The van der Waals surface area contributed by atoms with Gasteiger partial charge in [-0.2, -0.15) is 0 Å². The van der Waals surface area contributed by atoms with Gasteiger partial charge < -0.3 is 30.1 Å². The molecule has 4 aromatic heterocycles. The van der Waals surface area contributed by atoms with Crippen LogP contribution in [0.25, 0.3) is 24.3 Å². The maximum Gasteiger partial charge on any atom is 0.183 e. The summed E-state index contributed by atoms with van der Waals surface area (Å²) in [4.78, 5) is 12.9. The molecule has 6 heteroatoms.